The number of rotatable bonds is 7. The molecule has 2 aromatic carbocycles. The van der Waals surface area contributed by atoms with Crippen molar-refractivity contribution >= 4 is 11.7 Å². The van der Waals surface area contributed by atoms with Crippen molar-refractivity contribution in [3.63, 3.8) is 0 Å². The lowest BCUT2D eigenvalue weighted by Gasteiger charge is -2.32. The summed E-state index contributed by atoms with van der Waals surface area (Å²) in [5.41, 5.74) is 2.10. The van der Waals surface area contributed by atoms with Crippen LogP contribution in [0.15, 0.2) is 59.9 Å². The maximum Gasteiger partial charge on any atom is 0.251 e. The molecule has 0 unspecified atom stereocenters. The van der Waals surface area contributed by atoms with Gasteiger partial charge in [-0.1, -0.05) is 24.3 Å². The predicted octanol–water partition coefficient (Wildman–Crippen LogP) is 4.22. The van der Waals surface area contributed by atoms with E-state index in [0.717, 1.165) is 44.5 Å². The molecule has 1 saturated heterocycles. The first-order valence-electron chi connectivity index (χ1n) is 11.3. The predicted molar refractivity (Wildman–Crippen MR) is 123 cm³/mol. The van der Waals surface area contributed by atoms with Gasteiger partial charge in [-0.25, -0.2) is 0 Å². The summed E-state index contributed by atoms with van der Waals surface area (Å²) < 4.78 is 11.7. The molecule has 2 aromatic rings. The number of ketones is 1. The average molecular weight is 435 g/mol. The number of likely N-dealkylation sites (tertiary alicyclic amines) is 1. The van der Waals surface area contributed by atoms with Gasteiger partial charge < -0.3 is 19.7 Å². The molecule has 1 amide bonds. The monoisotopic (exact) mass is 434 g/mol. The van der Waals surface area contributed by atoms with Gasteiger partial charge in [-0.05, 0) is 62.9 Å². The molecule has 1 fully saturated rings. The number of carbonyl (C=O) groups excluding carboxylic acids is 2. The Balaban J connectivity index is 1.20. The van der Waals surface area contributed by atoms with Gasteiger partial charge in [-0.2, -0.15) is 0 Å². The minimum Gasteiger partial charge on any atom is -0.493 e. The van der Waals surface area contributed by atoms with Gasteiger partial charge in [0, 0.05) is 31.2 Å². The fourth-order valence-electron chi connectivity index (χ4n) is 4.17. The number of fused-ring (bicyclic) bond motifs is 1. The lowest BCUT2D eigenvalue weighted by Crippen LogP contribution is -2.45. The molecule has 0 spiro atoms. The molecule has 0 radical (unpaired) electrons. The number of hydrogen-bond donors (Lipinski definition) is 1. The Bertz CT molecular complexity index is 1000. The quantitative estimate of drug-likeness (QED) is 0.522. The Morgan fingerprint density at radius 2 is 1.84 bits per heavy atom. The number of nitrogens with zero attached hydrogens (tertiary/aromatic N) is 1. The zero-order valence-electron chi connectivity index (χ0n) is 18.7. The Morgan fingerprint density at radius 1 is 1.09 bits per heavy atom. The van der Waals surface area contributed by atoms with Gasteiger partial charge in [0.2, 0.25) is 5.78 Å². The van der Waals surface area contributed by atoms with E-state index in [1.807, 2.05) is 56.3 Å². The van der Waals surface area contributed by atoms with Gasteiger partial charge in [0.15, 0.2) is 5.76 Å². The van der Waals surface area contributed by atoms with Crippen LogP contribution in [0.1, 0.15) is 53.8 Å². The maximum atomic E-state index is 12.6. The zero-order chi connectivity index (χ0) is 22.5. The minimum absolute atomic E-state index is 0.00244. The summed E-state index contributed by atoms with van der Waals surface area (Å²) in [6.45, 7) is 7.12. The van der Waals surface area contributed by atoms with Gasteiger partial charge in [0.25, 0.3) is 5.91 Å². The highest BCUT2D eigenvalue weighted by molar-refractivity contribution is 6.14. The van der Waals surface area contributed by atoms with Crippen LogP contribution in [0, 0.1) is 0 Å². The van der Waals surface area contributed by atoms with Crippen molar-refractivity contribution in [1.82, 2.24) is 10.2 Å². The number of allylic oxidation sites excluding steroid dienone is 2. The van der Waals surface area contributed by atoms with Crippen LogP contribution < -0.4 is 14.8 Å². The summed E-state index contributed by atoms with van der Waals surface area (Å²) in [5, 5.41) is 3.15. The van der Waals surface area contributed by atoms with E-state index in [-0.39, 0.29) is 17.7 Å². The molecular formula is C26H30N2O4. The molecule has 0 aromatic heterocycles. The number of Topliss-reactive ketones (excluding diaryl/α,β-unsaturated/α-hetero) is 1. The van der Waals surface area contributed by atoms with Gasteiger partial charge in [0.1, 0.15) is 17.1 Å². The molecule has 0 bridgehead atoms. The van der Waals surface area contributed by atoms with Crippen LogP contribution in [0.4, 0.5) is 0 Å². The minimum atomic E-state index is -0.102. The van der Waals surface area contributed by atoms with Crippen LogP contribution in [-0.4, -0.2) is 48.9 Å². The average Bonchev–Trinajstić information content (AvgIpc) is 3.16. The van der Waals surface area contributed by atoms with E-state index in [1.165, 1.54) is 0 Å². The van der Waals surface area contributed by atoms with Crippen molar-refractivity contribution in [1.29, 1.82) is 0 Å². The van der Waals surface area contributed by atoms with E-state index < -0.39 is 0 Å². The van der Waals surface area contributed by atoms with Gasteiger partial charge in [0.05, 0.1) is 6.61 Å². The third kappa shape index (κ3) is 5.02. The summed E-state index contributed by atoms with van der Waals surface area (Å²) in [4.78, 5) is 27.4. The topological polar surface area (TPSA) is 67.9 Å². The summed E-state index contributed by atoms with van der Waals surface area (Å²) in [6.07, 6.45) is 2.77. The molecule has 6 nitrogen and oxygen atoms in total. The summed E-state index contributed by atoms with van der Waals surface area (Å²) in [5.74, 6) is 1.46. The third-order valence-electron chi connectivity index (χ3n) is 5.92. The Hall–Kier alpha value is -3.12. The highest BCUT2D eigenvalue weighted by Crippen LogP contribution is 2.38. The molecule has 4 rings (SSSR count). The highest BCUT2D eigenvalue weighted by atomic mass is 16.5. The number of hydrogen-bond acceptors (Lipinski definition) is 5. The lowest BCUT2D eigenvalue weighted by atomic mass is 10.0. The number of amides is 1. The molecule has 32 heavy (non-hydrogen) atoms. The fraction of sp³-hybridized carbons (Fsp3) is 0.385. The second kappa shape index (κ2) is 10.0. The number of benzene rings is 2. The van der Waals surface area contributed by atoms with Crippen molar-refractivity contribution in [2.24, 2.45) is 0 Å². The SMILES string of the molecule is CC(C)=C1Oc2cccc(OCCCN3CCC(NC(=O)c4ccccc4)CC3)c2C1=O. The Kier molecular flexibility index (Phi) is 6.90. The molecule has 0 aliphatic carbocycles. The lowest BCUT2D eigenvalue weighted by molar-refractivity contribution is 0.0909. The number of nitrogens with one attached hydrogen (secondary N) is 1. The molecule has 2 aliphatic heterocycles. The third-order valence-corrected chi connectivity index (χ3v) is 5.92. The van der Waals surface area contributed by atoms with E-state index in [9.17, 15) is 9.59 Å². The highest BCUT2D eigenvalue weighted by Gasteiger charge is 2.31. The zero-order valence-corrected chi connectivity index (χ0v) is 18.7. The van der Waals surface area contributed by atoms with Crippen molar-refractivity contribution in [3.8, 4) is 11.5 Å². The van der Waals surface area contributed by atoms with Crippen molar-refractivity contribution in [3.05, 3.63) is 71.0 Å². The van der Waals surface area contributed by atoms with Crippen LogP contribution in [0.5, 0.6) is 11.5 Å². The molecule has 0 atom stereocenters. The van der Waals surface area contributed by atoms with E-state index in [2.05, 4.69) is 10.2 Å². The smallest absolute Gasteiger partial charge is 0.251 e. The number of ether oxygens (including phenoxy) is 2. The van der Waals surface area contributed by atoms with Crippen molar-refractivity contribution in [2.75, 3.05) is 26.2 Å². The molecule has 1 N–H and O–H groups in total. The Labute approximate surface area is 189 Å². The van der Waals surface area contributed by atoms with E-state index in [0.29, 0.717) is 35.0 Å². The first-order chi connectivity index (χ1) is 15.5. The van der Waals surface area contributed by atoms with Gasteiger partial charge in [-0.15, -0.1) is 0 Å². The Morgan fingerprint density at radius 3 is 2.56 bits per heavy atom. The molecule has 2 aliphatic rings. The largest absolute Gasteiger partial charge is 0.493 e. The summed E-state index contributed by atoms with van der Waals surface area (Å²) in [6, 6.07) is 15.1. The normalized spacial score (nSPS) is 16.4. The van der Waals surface area contributed by atoms with Crippen molar-refractivity contribution in [2.45, 2.75) is 39.2 Å². The van der Waals surface area contributed by atoms with Crippen LogP contribution >= 0.6 is 0 Å². The van der Waals surface area contributed by atoms with E-state index in [1.54, 1.807) is 6.07 Å². The molecule has 168 valence electrons. The van der Waals surface area contributed by atoms with E-state index in [4.69, 9.17) is 9.47 Å². The standard InChI is InChI=1S/C26H30N2O4/c1-18(2)25-24(29)23-21(10-6-11-22(23)32-25)31-17-7-14-28-15-12-20(13-16-28)27-26(30)19-8-4-3-5-9-19/h3-6,8-11,20H,7,12-17H2,1-2H3,(H,27,30). The first kappa shape index (κ1) is 22.1. The molecule has 2 heterocycles. The molecule has 0 saturated carbocycles. The summed E-state index contributed by atoms with van der Waals surface area (Å²) >= 11 is 0. The van der Waals surface area contributed by atoms with E-state index >= 15 is 0 Å². The first-order valence-corrected chi connectivity index (χ1v) is 11.3. The van der Waals surface area contributed by atoms with Gasteiger partial charge in [-0.3, -0.25) is 9.59 Å². The van der Waals surface area contributed by atoms with Crippen LogP contribution in [-0.2, 0) is 0 Å². The summed E-state index contributed by atoms with van der Waals surface area (Å²) in [7, 11) is 0. The van der Waals surface area contributed by atoms with Crippen LogP contribution in [0.25, 0.3) is 0 Å². The number of piperidine rings is 1. The second-order valence-corrected chi connectivity index (χ2v) is 8.55. The van der Waals surface area contributed by atoms with Crippen LogP contribution in [0.2, 0.25) is 0 Å². The fourth-order valence-corrected chi connectivity index (χ4v) is 4.17. The molecular weight excluding hydrogens is 404 g/mol. The van der Waals surface area contributed by atoms with Crippen molar-refractivity contribution < 1.29 is 19.1 Å². The molecule has 6 heteroatoms. The maximum absolute atomic E-state index is 12.6. The number of carbonyl (C=O) groups is 2. The second-order valence-electron chi connectivity index (χ2n) is 8.55. The van der Waals surface area contributed by atoms with Gasteiger partial charge >= 0.3 is 0 Å². The van der Waals surface area contributed by atoms with Crippen LogP contribution in [0.3, 0.4) is 0 Å².